The molecule has 0 spiro atoms. The highest BCUT2D eigenvalue weighted by Gasteiger charge is 2.18. The van der Waals surface area contributed by atoms with Crippen LogP contribution in [-0.4, -0.2) is 12.0 Å². The maximum absolute atomic E-state index is 12.3. The standard InChI is InChI=1S/C17H17Cl2NO2/c1-10-7-8-11(2)15(9-10)22-12(3)17(21)20-16-13(18)5-4-6-14(16)19/h4-9,12H,1-3H3,(H,20,21)/t12-/m1/s1. The minimum Gasteiger partial charge on any atom is -0.481 e. The summed E-state index contributed by atoms with van der Waals surface area (Å²) < 4.78 is 5.74. The SMILES string of the molecule is Cc1ccc(C)c(O[C@H](C)C(=O)Nc2c(Cl)cccc2Cl)c1. The van der Waals surface area contributed by atoms with Crippen LogP contribution in [0.3, 0.4) is 0 Å². The summed E-state index contributed by atoms with van der Waals surface area (Å²) in [5.74, 6) is 0.379. The molecule has 1 atom stereocenters. The lowest BCUT2D eigenvalue weighted by molar-refractivity contribution is -0.122. The third-order valence-electron chi connectivity index (χ3n) is 3.23. The Labute approximate surface area is 140 Å². The molecule has 1 amide bonds. The van der Waals surface area contributed by atoms with Crippen molar-refractivity contribution in [2.75, 3.05) is 5.32 Å². The highest BCUT2D eigenvalue weighted by atomic mass is 35.5. The summed E-state index contributed by atoms with van der Waals surface area (Å²) in [5.41, 5.74) is 2.44. The zero-order chi connectivity index (χ0) is 16.3. The van der Waals surface area contributed by atoms with Gasteiger partial charge in [0.05, 0.1) is 15.7 Å². The Morgan fingerprint density at radius 3 is 2.41 bits per heavy atom. The lowest BCUT2D eigenvalue weighted by Crippen LogP contribution is -2.30. The van der Waals surface area contributed by atoms with E-state index >= 15 is 0 Å². The van der Waals surface area contributed by atoms with Crippen molar-refractivity contribution in [3.63, 3.8) is 0 Å². The van der Waals surface area contributed by atoms with Gasteiger partial charge in [-0.2, -0.15) is 0 Å². The number of carbonyl (C=O) groups is 1. The molecule has 0 unspecified atom stereocenters. The van der Waals surface area contributed by atoms with Crippen LogP contribution >= 0.6 is 23.2 Å². The molecule has 0 saturated heterocycles. The van der Waals surface area contributed by atoms with Gasteiger partial charge in [-0.05, 0) is 50.1 Å². The molecule has 0 aromatic heterocycles. The topological polar surface area (TPSA) is 38.3 Å². The van der Waals surface area contributed by atoms with Gasteiger partial charge >= 0.3 is 0 Å². The van der Waals surface area contributed by atoms with Crippen LogP contribution in [0.4, 0.5) is 5.69 Å². The Balaban J connectivity index is 2.11. The summed E-state index contributed by atoms with van der Waals surface area (Å²) in [5, 5.41) is 3.48. The maximum Gasteiger partial charge on any atom is 0.265 e. The van der Waals surface area contributed by atoms with Crippen LogP contribution in [-0.2, 0) is 4.79 Å². The first kappa shape index (κ1) is 16.7. The summed E-state index contributed by atoms with van der Waals surface area (Å²) >= 11 is 12.1. The van der Waals surface area contributed by atoms with Crippen molar-refractivity contribution in [1.29, 1.82) is 0 Å². The smallest absolute Gasteiger partial charge is 0.265 e. The zero-order valence-electron chi connectivity index (χ0n) is 12.6. The van der Waals surface area contributed by atoms with Gasteiger partial charge in [-0.3, -0.25) is 4.79 Å². The van der Waals surface area contributed by atoms with E-state index in [1.54, 1.807) is 25.1 Å². The molecular formula is C17H17Cl2NO2. The number of rotatable bonds is 4. The van der Waals surface area contributed by atoms with Crippen molar-refractivity contribution in [1.82, 2.24) is 0 Å². The van der Waals surface area contributed by atoms with Gasteiger partial charge in [-0.15, -0.1) is 0 Å². The molecular weight excluding hydrogens is 321 g/mol. The predicted octanol–water partition coefficient (Wildman–Crippen LogP) is 5.02. The number of aryl methyl sites for hydroxylation is 2. The predicted molar refractivity (Wildman–Crippen MR) is 91.1 cm³/mol. The molecule has 22 heavy (non-hydrogen) atoms. The van der Waals surface area contributed by atoms with E-state index in [9.17, 15) is 4.79 Å². The summed E-state index contributed by atoms with van der Waals surface area (Å²) in [6.07, 6.45) is -0.673. The number of halogens is 2. The van der Waals surface area contributed by atoms with Crippen LogP contribution in [0, 0.1) is 13.8 Å². The first-order valence-electron chi connectivity index (χ1n) is 6.87. The number of amides is 1. The molecule has 0 saturated carbocycles. The second-order valence-electron chi connectivity index (χ2n) is 5.11. The largest absolute Gasteiger partial charge is 0.481 e. The maximum atomic E-state index is 12.3. The molecule has 0 fully saturated rings. The Morgan fingerprint density at radius 2 is 1.77 bits per heavy atom. The first-order valence-corrected chi connectivity index (χ1v) is 7.63. The van der Waals surface area contributed by atoms with Crippen LogP contribution in [0.15, 0.2) is 36.4 Å². The Kier molecular flexibility index (Phi) is 5.33. The minimum absolute atomic E-state index is 0.309. The molecule has 5 heteroatoms. The van der Waals surface area contributed by atoms with E-state index < -0.39 is 6.10 Å². The fraction of sp³-hybridized carbons (Fsp3) is 0.235. The lowest BCUT2D eigenvalue weighted by Gasteiger charge is -2.17. The van der Waals surface area contributed by atoms with Crippen molar-refractivity contribution >= 4 is 34.8 Å². The van der Waals surface area contributed by atoms with Gasteiger partial charge in [-0.1, -0.05) is 41.4 Å². The van der Waals surface area contributed by atoms with Crippen molar-refractivity contribution in [2.24, 2.45) is 0 Å². The molecule has 0 heterocycles. The van der Waals surface area contributed by atoms with Gasteiger partial charge in [-0.25, -0.2) is 0 Å². The van der Waals surface area contributed by atoms with Crippen molar-refractivity contribution in [2.45, 2.75) is 26.9 Å². The normalized spacial score (nSPS) is 11.9. The van der Waals surface area contributed by atoms with E-state index in [0.717, 1.165) is 11.1 Å². The van der Waals surface area contributed by atoms with Crippen molar-refractivity contribution in [3.8, 4) is 5.75 Å². The van der Waals surface area contributed by atoms with Gasteiger partial charge in [0.25, 0.3) is 5.91 Å². The van der Waals surface area contributed by atoms with Gasteiger partial charge in [0.1, 0.15) is 5.75 Å². The van der Waals surface area contributed by atoms with E-state index in [0.29, 0.717) is 21.5 Å². The van der Waals surface area contributed by atoms with Crippen LogP contribution in [0.25, 0.3) is 0 Å². The Morgan fingerprint density at radius 1 is 1.14 bits per heavy atom. The van der Waals surface area contributed by atoms with E-state index in [4.69, 9.17) is 27.9 Å². The molecule has 2 aromatic carbocycles. The van der Waals surface area contributed by atoms with E-state index in [2.05, 4.69) is 5.32 Å². The summed E-state index contributed by atoms with van der Waals surface area (Å²) in [4.78, 5) is 12.3. The van der Waals surface area contributed by atoms with Gasteiger partial charge in [0.15, 0.2) is 6.10 Å². The third-order valence-corrected chi connectivity index (χ3v) is 3.86. The number of ether oxygens (including phenoxy) is 1. The number of carbonyl (C=O) groups excluding carboxylic acids is 1. The summed E-state index contributed by atoms with van der Waals surface area (Å²) in [6.45, 7) is 5.59. The van der Waals surface area contributed by atoms with E-state index in [1.165, 1.54) is 0 Å². The fourth-order valence-electron chi connectivity index (χ4n) is 1.92. The fourth-order valence-corrected chi connectivity index (χ4v) is 2.41. The number of nitrogens with one attached hydrogen (secondary N) is 1. The number of anilines is 1. The van der Waals surface area contributed by atoms with E-state index in [1.807, 2.05) is 32.0 Å². The summed E-state index contributed by atoms with van der Waals surface area (Å²) in [6, 6.07) is 10.9. The number of benzene rings is 2. The van der Waals surface area contributed by atoms with Crippen LogP contribution in [0.1, 0.15) is 18.1 Å². The van der Waals surface area contributed by atoms with Crippen LogP contribution in [0.5, 0.6) is 5.75 Å². The Bertz CT molecular complexity index is 681. The highest BCUT2D eigenvalue weighted by Crippen LogP contribution is 2.30. The minimum atomic E-state index is -0.673. The third kappa shape index (κ3) is 3.93. The molecule has 0 aliphatic heterocycles. The molecule has 3 nitrogen and oxygen atoms in total. The Hall–Kier alpha value is -1.71. The number of hydrogen-bond donors (Lipinski definition) is 1. The molecule has 1 N–H and O–H groups in total. The average molecular weight is 338 g/mol. The molecule has 0 bridgehead atoms. The van der Waals surface area contributed by atoms with Crippen molar-refractivity contribution < 1.29 is 9.53 Å². The van der Waals surface area contributed by atoms with E-state index in [-0.39, 0.29) is 5.91 Å². The molecule has 0 aliphatic rings. The zero-order valence-corrected chi connectivity index (χ0v) is 14.1. The van der Waals surface area contributed by atoms with Crippen LogP contribution < -0.4 is 10.1 Å². The molecule has 0 radical (unpaired) electrons. The average Bonchev–Trinajstić information content (AvgIpc) is 2.46. The van der Waals surface area contributed by atoms with Gasteiger partial charge < -0.3 is 10.1 Å². The molecule has 116 valence electrons. The second-order valence-corrected chi connectivity index (χ2v) is 5.93. The van der Waals surface area contributed by atoms with Gasteiger partial charge in [0, 0.05) is 0 Å². The molecule has 2 aromatic rings. The second kappa shape index (κ2) is 7.03. The monoisotopic (exact) mass is 337 g/mol. The number of para-hydroxylation sites is 1. The lowest BCUT2D eigenvalue weighted by atomic mass is 10.1. The van der Waals surface area contributed by atoms with Gasteiger partial charge in [0.2, 0.25) is 0 Å². The highest BCUT2D eigenvalue weighted by molar-refractivity contribution is 6.39. The summed E-state index contributed by atoms with van der Waals surface area (Å²) in [7, 11) is 0. The number of hydrogen-bond acceptors (Lipinski definition) is 2. The quantitative estimate of drug-likeness (QED) is 0.850. The first-order chi connectivity index (χ1) is 10.4. The molecule has 2 rings (SSSR count). The van der Waals surface area contributed by atoms with Crippen molar-refractivity contribution in [3.05, 3.63) is 57.6 Å². The molecule has 0 aliphatic carbocycles. The van der Waals surface area contributed by atoms with Crippen LogP contribution in [0.2, 0.25) is 10.0 Å².